The number of hydrogen-bond acceptors (Lipinski definition) is 2. The van der Waals surface area contributed by atoms with E-state index in [2.05, 4.69) is 52.4 Å². The lowest BCUT2D eigenvalue weighted by Crippen LogP contribution is -2.26. The molecule has 2 nitrogen and oxygen atoms in total. The molecule has 0 aliphatic carbocycles. The first kappa shape index (κ1) is 13.7. The predicted molar refractivity (Wildman–Crippen MR) is 71.6 cm³/mol. The molecule has 0 aliphatic heterocycles. The molecule has 0 aromatic heterocycles. The maximum absolute atomic E-state index is 9.03. The Bertz CT molecular complexity index is 282. The minimum Gasteiger partial charge on any atom is -0.396 e. The summed E-state index contributed by atoms with van der Waals surface area (Å²) in [6, 6.07) is 8.40. The monoisotopic (exact) mass is 285 g/mol. The van der Waals surface area contributed by atoms with E-state index in [-0.39, 0.29) is 6.61 Å². The normalized spacial score (nSPS) is 12.7. The van der Waals surface area contributed by atoms with Crippen molar-refractivity contribution >= 4 is 15.9 Å². The largest absolute Gasteiger partial charge is 0.396 e. The molecule has 0 saturated carbocycles. The lowest BCUT2D eigenvalue weighted by Gasteiger charge is -2.12. The molecule has 1 rings (SSSR count). The van der Waals surface area contributed by atoms with Crippen LogP contribution in [-0.4, -0.2) is 24.8 Å². The fraction of sp³-hybridized carbons (Fsp3) is 0.538. The average Bonchev–Trinajstić information content (AvgIpc) is 2.32. The Kier molecular flexibility index (Phi) is 6.69. The van der Waals surface area contributed by atoms with Gasteiger partial charge in [-0.2, -0.15) is 0 Å². The third-order valence-electron chi connectivity index (χ3n) is 2.77. The highest BCUT2D eigenvalue weighted by Crippen LogP contribution is 2.10. The van der Waals surface area contributed by atoms with Crippen LogP contribution in [0.1, 0.15) is 18.9 Å². The van der Waals surface area contributed by atoms with E-state index in [1.54, 1.807) is 0 Å². The zero-order valence-corrected chi connectivity index (χ0v) is 11.3. The van der Waals surface area contributed by atoms with Crippen molar-refractivity contribution in [1.29, 1.82) is 0 Å². The van der Waals surface area contributed by atoms with Crippen LogP contribution < -0.4 is 5.32 Å². The van der Waals surface area contributed by atoms with Crippen molar-refractivity contribution in [3.8, 4) is 0 Å². The van der Waals surface area contributed by atoms with Gasteiger partial charge in [0.2, 0.25) is 0 Å². The van der Waals surface area contributed by atoms with Gasteiger partial charge in [0.05, 0.1) is 0 Å². The molecule has 0 aliphatic rings. The SMILES string of the molecule is CCC(CO)CNCCc1ccc(Br)cc1. The van der Waals surface area contributed by atoms with Gasteiger partial charge in [-0.3, -0.25) is 0 Å². The standard InChI is InChI=1S/C13H20BrNO/c1-2-11(10-16)9-15-8-7-12-3-5-13(14)6-4-12/h3-6,11,15-16H,2,7-10H2,1H3. The number of hydrogen-bond donors (Lipinski definition) is 2. The minimum absolute atomic E-state index is 0.280. The van der Waals surface area contributed by atoms with Gasteiger partial charge >= 0.3 is 0 Å². The fourth-order valence-electron chi connectivity index (χ4n) is 1.53. The first-order valence-electron chi connectivity index (χ1n) is 5.82. The number of benzene rings is 1. The summed E-state index contributed by atoms with van der Waals surface area (Å²) >= 11 is 3.42. The molecule has 0 heterocycles. The van der Waals surface area contributed by atoms with E-state index in [1.165, 1.54) is 5.56 Å². The van der Waals surface area contributed by atoms with Crippen LogP contribution in [0.3, 0.4) is 0 Å². The van der Waals surface area contributed by atoms with Crippen LogP contribution in [0.2, 0.25) is 0 Å². The lowest BCUT2D eigenvalue weighted by atomic mass is 10.1. The van der Waals surface area contributed by atoms with Gasteiger partial charge in [0, 0.05) is 17.6 Å². The van der Waals surface area contributed by atoms with Gasteiger partial charge in [-0.1, -0.05) is 35.0 Å². The van der Waals surface area contributed by atoms with Crippen molar-refractivity contribution in [2.45, 2.75) is 19.8 Å². The summed E-state index contributed by atoms with van der Waals surface area (Å²) in [6.07, 6.45) is 2.07. The maximum Gasteiger partial charge on any atom is 0.0471 e. The van der Waals surface area contributed by atoms with Crippen LogP contribution in [0.15, 0.2) is 28.7 Å². The molecule has 0 spiro atoms. The molecule has 1 aromatic rings. The number of rotatable bonds is 7. The van der Waals surface area contributed by atoms with Crippen LogP contribution in [-0.2, 0) is 6.42 Å². The topological polar surface area (TPSA) is 32.3 Å². The van der Waals surface area contributed by atoms with Gasteiger partial charge in [0.25, 0.3) is 0 Å². The van der Waals surface area contributed by atoms with Crippen LogP contribution in [0, 0.1) is 5.92 Å². The fourth-order valence-corrected chi connectivity index (χ4v) is 1.79. The van der Waals surface area contributed by atoms with E-state index in [9.17, 15) is 0 Å². The molecule has 0 bridgehead atoms. The molecule has 0 saturated heterocycles. The Morgan fingerprint density at radius 2 is 2.00 bits per heavy atom. The summed E-state index contributed by atoms with van der Waals surface area (Å²) in [5, 5.41) is 12.4. The molecule has 90 valence electrons. The molecule has 1 unspecified atom stereocenters. The lowest BCUT2D eigenvalue weighted by molar-refractivity contribution is 0.219. The third-order valence-corrected chi connectivity index (χ3v) is 3.30. The van der Waals surface area contributed by atoms with E-state index >= 15 is 0 Å². The van der Waals surface area contributed by atoms with E-state index in [0.717, 1.165) is 30.4 Å². The Hall–Kier alpha value is -0.380. The summed E-state index contributed by atoms with van der Waals surface area (Å²) in [6.45, 7) is 4.26. The van der Waals surface area contributed by atoms with Crippen LogP contribution in [0.25, 0.3) is 0 Å². The van der Waals surface area contributed by atoms with Gasteiger partial charge < -0.3 is 10.4 Å². The Balaban J connectivity index is 2.18. The smallest absolute Gasteiger partial charge is 0.0471 e. The Morgan fingerprint density at radius 1 is 1.31 bits per heavy atom. The van der Waals surface area contributed by atoms with E-state index in [1.807, 2.05) is 0 Å². The van der Waals surface area contributed by atoms with E-state index < -0.39 is 0 Å². The number of nitrogens with one attached hydrogen (secondary N) is 1. The summed E-state index contributed by atoms with van der Waals surface area (Å²) in [7, 11) is 0. The van der Waals surface area contributed by atoms with Crippen molar-refractivity contribution < 1.29 is 5.11 Å². The highest BCUT2D eigenvalue weighted by atomic mass is 79.9. The second kappa shape index (κ2) is 7.82. The molecule has 3 heteroatoms. The molecular formula is C13H20BrNO. The van der Waals surface area contributed by atoms with Crippen molar-refractivity contribution in [3.05, 3.63) is 34.3 Å². The Labute approximate surface area is 106 Å². The number of halogens is 1. The van der Waals surface area contributed by atoms with Crippen molar-refractivity contribution in [1.82, 2.24) is 5.32 Å². The van der Waals surface area contributed by atoms with Crippen molar-refractivity contribution in [2.75, 3.05) is 19.7 Å². The zero-order chi connectivity index (χ0) is 11.8. The summed E-state index contributed by atoms with van der Waals surface area (Å²) in [4.78, 5) is 0. The second-order valence-electron chi connectivity index (χ2n) is 4.04. The van der Waals surface area contributed by atoms with Crippen LogP contribution >= 0.6 is 15.9 Å². The molecule has 0 radical (unpaired) electrons. The Morgan fingerprint density at radius 3 is 2.56 bits per heavy atom. The zero-order valence-electron chi connectivity index (χ0n) is 9.75. The van der Waals surface area contributed by atoms with Gasteiger partial charge in [0.15, 0.2) is 0 Å². The van der Waals surface area contributed by atoms with Crippen molar-refractivity contribution in [2.24, 2.45) is 5.92 Å². The van der Waals surface area contributed by atoms with Gasteiger partial charge in [-0.05, 0) is 43.0 Å². The first-order chi connectivity index (χ1) is 7.76. The van der Waals surface area contributed by atoms with E-state index in [0.29, 0.717) is 5.92 Å². The van der Waals surface area contributed by atoms with E-state index in [4.69, 9.17) is 5.11 Å². The van der Waals surface area contributed by atoms with Crippen LogP contribution in [0.4, 0.5) is 0 Å². The molecule has 1 atom stereocenters. The first-order valence-corrected chi connectivity index (χ1v) is 6.61. The highest BCUT2D eigenvalue weighted by Gasteiger charge is 2.02. The number of aliphatic hydroxyl groups excluding tert-OH is 1. The molecule has 16 heavy (non-hydrogen) atoms. The van der Waals surface area contributed by atoms with Gasteiger partial charge in [-0.15, -0.1) is 0 Å². The third kappa shape index (κ3) is 5.10. The predicted octanol–water partition coefficient (Wildman–Crippen LogP) is 2.60. The molecule has 2 N–H and O–H groups in total. The van der Waals surface area contributed by atoms with Gasteiger partial charge in [-0.25, -0.2) is 0 Å². The molecule has 0 fully saturated rings. The average molecular weight is 286 g/mol. The quantitative estimate of drug-likeness (QED) is 0.755. The summed E-state index contributed by atoms with van der Waals surface area (Å²) in [5.41, 5.74) is 1.34. The van der Waals surface area contributed by atoms with Crippen molar-refractivity contribution in [3.63, 3.8) is 0 Å². The summed E-state index contributed by atoms with van der Waals surface area (Å²) < 4.78 is 1.12. The van der Waals surface area contributed by atoms with Gasteiger partial charge in [0.1, 0.15) is 0 Å². The number of aliphatic hydroxyl groups is 1. The second-order valence-corrected chi connectivity index (χ2v) is 4.95. The molecule has 1 aromatic carbocycles. The van der Waals surface area contributed by atoms with Crippen LogP contribution in [0.5, 0.6) is 0 Å². The summed E-state index contributed by atoms with van der Waals surface area (Å²) in [5.74, 6) is 0.393. The minimum atomic E-state index is 0.280. The molecule has 0 amide bonds. The highest BCUT2D eigenvalue weighted by molar-refractivity contribution is 9.10. The maximum atomic E-state index is 9.03. The molecular weight excluding hydrogens is 266 g/mol.